The summed E-state index contributed by atoms with van der Waals surface area (Å²) in [6.07, 6.45) is 3.40. The number of nitrogens with one attached hydrogen (secondary N) is 2. The predicted octanol–water partition coefficient (Wildman–Crippen LogP) is 4.33. The van der Waals surface area contributed by atoms with E-state index in [-0.39, 0.29) is 5.56 Å². The lowest BCUT2D eigenvalue weighted by Crippen LogP contribution is -2.08. The summed E-state index contributed by atoms with van der Waals surface area (Å²) in [6.45, 7) is 3.89. The van der Waals surface area contributed by atoms with Crippen LogP contribution in [0.2, 0.25) is 0 Å². The molecule has 2 heterocycles. The highest BCUT2D eigenvalue weighted by Gasteiger charge is 2.22. The number of para-hydroxylation sites is 1. The van der Waals surface area contributed by atoms with Crippen molar-refractivity contribution in [1.82, 2.24) is 19.7 Å². The second kappa shape index (κ2) is 7.75. The Morgan fingerprint density at radius 2 is 2.00 bits per heavy atom. The Balaban J connectivity index is 1.93. The lowest BCUT2D eigenvalue weighted by Gasteiger charge is -2.15. The number of benzene rings is 2. The summed E-state index contributed by atoms with van der Waals surface area (Å²) in [5, 5.41) is 17.7. The van der Waals surface area contributed by atoms with E-state index < -0.39 is 5.97 Å². The molecule has 8 nitrogen and oxygen atoms in total. The second-order valence-electron chi connectivity index (χ2n) is 6.79. The van der Waals surface area contributed by atoms with Gasteiger partial charge in [0.05, 0.1) is 35.3 Å². The number of methoxy groups -OCH3 is 1. The molecule has 4 rings (SSSR count). The van der Waals surface area contributed by atoms with Gasteiger partial charge in [-0.1, -0.05) is 18.2 Å². The molecule has 0 saturated carbocycles. The van der Waals surface area contributed by atoms with E-state index in [0.29, 0.717) is 23.1 Å². The molecule has 0 atom stereocenters. The number of anilines is 2. The van der Waals surface area contributed by atoms with Gasteiger partial charge in [-0.2, -0.15) is 5.10 Å². The van der Waals surface area contributed by atoms with Crippen molar-refractivity contribution in [3.8, 4) is 22.8 Å². The van der Waals surface area contributed by atoms with Crippen LogP contribution in [-0.4, -0.2) is 37.9 Å². The van der Waals surface area contributed by atoms with Gasteiger partial charge in [0.15, 0.2) is 0 Å². The van der Waals surface area contributed by atoms with Gasteiger partial charge >= 0.3 is 5.97 Å². The first-order chi connectivity index (χ1) is 14.5. The Labute approximate surface area is 173 Å². The summed E-state index contributed by atoms with van der Waals surface area (Å²) in [5.74, 6) is 0.659. The van der Waals surface area contributed by atoms with E-state index in [1.54, 1.807) is 29.2 Å². The normalized spacial score (nSPS) is 10.8. The molecule has 2 aromatic heterocycles. The summed E-state index contributed by atoms with van der Waals surface area (Å²) in [5.41, 5.74) is 3.94. The molecule has 0 bridgehead atoms. The Bertz CT molecular complexity index is 1210. The number of carboxylic acids is 1. The summed E-state index contributed by atoms with van der Waals surface area (Å²) in [4.78, 5) is 19.4. The fourth-order valence-corrected chi connectivity index (χ4v) is 3.37. The van der Waals surface area contributed by atoms with Crippen molar-refractivity contribution in [3.05, 3.63) is 71.7 Å². The number of imidazole rings is 1. The monoisotopic (exact) mass is 403 g/mol. The molecule has 0 radical (unpaired) electrons. The first kappa shape index (κ1) is 19.3. The van der Waals surface area contributed by atoms with Crippen LogP contribution in [0.4, 0.5) is 11.5 Å². The minimum absolute atomic E-state index is 0.0925. The lowest BCUT2D eigenvalue weighted by molar-refractivity contribution is 0.0697. The highest BCUT2D eigenvalue weighted by molar-refractivity contribution is 5.96. The van der Waals surface area contributed by atoms with E-state index in [1.165, 1.54) is 13.2 Å². The number of aromatic amines is 1. The molecule has 0 saturated heterocycles. The fraction of sp³-hybridized carbons (Fsp3) is 0.136. The van der Waals surface area contributed by atoms with Crippen LogP contribution in [0, 0.1) is 13.8 Å². The first-order valence-corrected chi connectivity index (χ1v) is 9.33. The largest absolute Gasteiger partial charge is 0.497 e. The topological polar surface area (TPSA) is 105 Å². The lowest BCUT2D eigenvalue weighted by atomic mass is 10.1. The quantitative estimate of drug-likeness (QED) is 0.443. The Morgan fingerprint density at radius 3 is 2.67 bits per heavy atom. The summed E-state index contributed by atoms with van der Waals surface area (Å²) < 4.78 is 6.96. The number of nitrogens with zero attached hydrogens (tertiary/aromatic N) is 3. The van der Waals surface area contributed by atoms with Crippen molar-refractivity contribution in [3.63, 3.8) is 0 Å². The number of carbonyl (C=O) groups is 1. The average Bonchev–Trinajstić information content (AvgIpc) is 3.36. The summed E-state index contributed by atoms with van der Waals surface area (Å²) >= 11 is 0. The number of carboxylic acid groups (broad SMARTS) is 1. The van der Waals surface area contributed by atoms with E-state index in [0.717, 1.165) is 22.5 Å². The zero-order valence-electron chi connectivity index (χ0n) is 16.8. The predicted molar refractivity (Wildman–Crippen MR) is 114 cm³/mol. The first-order valence-electron chi connectivity index (χ1n) is 9.33. The summed E-state index contributed by atoms with van der Waals surface area (Å²) in [7, 11) is 1.50. The number of aryl methyl sites for hydroxylation is 2. The van der Waals surface area contributed by atoms with E-state index in [2.05, 4.69) is 15.3 Å². The maximum Gasteiger partial charge on any atom is 0.337 e. The Morgan fingerprint density at radius 1 is 1.20 bits per heavy atom. The maximum absolute atomic E-state index is 11.9. The van der Waals surface area contributed by atoms with E-state index >= 15 is 0 Å². The van der Waals surface area contributed by atoms with Crippen molar-refractivity contribution >= 4 is 17.5 Å². The molecule has 0 amide bonds. The van der Waals surface area contributed by atoms with Crippen molar-refractivity contribution in [2.75, 3.05) is 12.4 Å². The number of ether oxygens (including phenoxy) is 1. The number of hydrogen-bond acceptors (Lipinski definition) is 5. The molecule has 0 aliphatic carbocycles. The number of aromatic carboxylic acids is 1. The molecule has 4 aromatic rings. The van der Waals surface area contributed by atoms with Gasteiger partial charge in [0.25, 0.3) is 0 Å². The van der Waals surface area contributed by atoms with E-state index in [9.17, 15) is 9.90 Å². The molecule has 152 valence electrons. The number of hydrogen-bond donors (Lipinski definition) is 3. The molecule has 0 spiro atoms. The molecule has 2 aromatic carbocycles. The standard InChI is InChI=1S/C22H21N5O3/c1-13-6-4-5-7-18(13)27-21(19(14(2)26-27)20-23-10-11-24-20)25-17-9-8-15(30-3)12-16(17)22(28)29/h4-12,25H,1-3H3,(H,23,24)(H,28,29). The molecule has 8 heteroatoms. The van der Waals surface area contributed by atoms with Crippen LogP contribution >= 0.6 is 0 Å². The van der Waals surface area contributed by atoms with Crippen LogP contribution in [0.25, 0.3) is 17.1 Å². The van der Waals surface area contributed by atoms with Gasteiger partial charge in [-0.15, -0.1) is 0 Å². The minimum Gasteiger partial charge on any atom is -0.497 e. The minimum atomic E-state index is -1.06. The smallest absolute Gasteiger partial charge is 0.337 e. The second-order valence-corrected chi connectivity index (χ2v) is 6.79. The van der Waals surface area contributed by atoms with Crippen molar-refractivity contribution in [2.24, 2.45) is 0 Å². The van der Waals surface area contributed by atoms with Gasteiger partial charge < -0.3 is 20.1 Å². The van der Waals surface area contributed by atoms with Gasteiger partial charge in [0.2, 0.25) is 0 Å². The average molecular weight is 403 g/mol. The third-order valence-corrected chi connectivity index (χ3v) is 4.85. The molecule has 0 fully saturated rings. The highest BCUT2D eigenvalue weighted by atomic mass is 16.5. The van der Waals surface area contributed by atoms with Crippen molar-refractivity contribution in [2.45, 2.75) is 13.8 Å². The van der Waals surface area contributed by atoms with Crippen molar-refractivity contribution in [1.29, 1.82) is 0 Å². The molecule has 0 aliphatic heterocycles. The maximum atomic E-state index is 11.9. The zero-order chi connectivity index (χ0) is 21.3. The number of rotatable bonds is 6. The fourth-order valence-electron chi connectivity index (χ4n) is 3.37. The molecular weight excluding hydrogens is 382 g/mol. The van der Waals surface area contributed by atoms with Crippen molar-refractivity contribution < 1.29 is 14.6 Å². The molecular formula is C22H21N5O3. The van der Waals surface area contributed by atoms with Crippen LogP contribution in [0.15, 0.2) is 54.9 Å². The molecule has 30 heavy (non-hydrogen) atoms. The van der Waals surface area contributed by atoms with Crippen LogP contribution in [-0.2, 0) is 0 Å². The van der Waals surface area contributed by atoms with Crippen LogP contribution in [0.5, 0.6) is 5.75 Å². The number of aromatic nitrogens is 4. The van der Waals surface area contributed by atoms with Crippen LogP contribution < -0.4 is 10.1 Å². The molecule has 3 N–H and O–H groups in total. The third-order valence-electron chi connectivity index (χ3n) is 4.85. The van der Waals surface area contributed by atoms with Gasteiger partial charge in [-0.05, 0) is 43.7 Å². The van der Waals surface area contributed by atoms with Gasteiger partial charge in [0, 0.05) is 12.4 Å². The summed E-state index contributed by atoms with van der Waals surface area (Å²) in [6, 6.07) is 12.7. The molecule has 0 aliphatic rings. The van der Waals surface area contributed by atoms with E-state index in [4.69, 9.17) is 9.84 Å². The highest BCUT2D eigenvalue weighted by Crippen LogP contribution is 2.35. The van der Waals surface area contributed by atoms with Crippen LogP contribution in [0.1, 0.15) is 21.6 Å². The van der Waals surface area contributed by atoms with Gasteiger partial charge in [-0.3, -0.25) is 0 Å². The Kier molecular flexibility index (Phi) is 4.97. The van der Waals surface area contributed by atoms with Gasteiger partial charge in [0.1, 0.15) is 17.4 Å². The van der Waals surface area contributed by atoms with Crippen LogP contribution in [0.3, 0.4) is 0 Å². The zero-order valence-corrected chi connectivity index (χ0v) is 16.8. The SMILES string of the molecule is COc1ccc(Nc2c(-c3ncc[nH]3)c(C)nn2-c2ccccc2C)c(C(=O)O)c1. The van der Waals surface area contributed by atoms with E-state index in [1.807, 2.05) is 38.1 Å². The number of H-pyrrole nitrogens is 1. The third kappa shape index (κ3) is 3.39. The molecule has 0 unspecified atom stereocenters. The van der Waals surface area contributed by atoms with Gasteiger partial charge in [-0.25, -0.2) is 14.5 Å². The Hall–Kier alpha value is -4.07.